The summed E-state index contributed by atoms with van der Waals surface area (Å²) >= 11 is 0. The first-order chi connectivity index (χ1) is 21.4. The van der Waals surface area contributed by atoms with Gasteiger partial charge in [0, 0.05) is 19.5 Å². The quantitative estimate of drug-likeness (QED) is 0.284. The number of rotatable bonds is 9. The molecule has 0 aromatic heterocycles. The molecule has 0 radical (unpaired) electrons. The van der Waals surface area contributed by atoms with Gasteiger partial charge in [0.1, 0.15) is 18.0 Å². The standard InChI is InChI=1S/C35H35N5O4/c1-2-19-38(35(44)36-21-26-9-4-3-5-10-26)39-24-33(42)40-31(20-25-15-17-29(41)18-16-25)34(43)37(23-32(39)40)22-28-13-8-12-27-11-6-7-14-30(27)28/h2-18,31-32,41H,1,19-24H2,(H,36,44)/t31-,32?/m0/s1. The van der Waals surface area contributed by atoms with Crippen LogP contribution in [0.3, 0.4) is 0 Å². The summed E-state index contributed by atoms with van der Waals surface area (Å²) in [7, 11) is 0. The Morgan fingerprint density at radius 1 is 0.932 bits per heavy atom. The van der Waals surface area contributed by atoms with Gasteiger partial charge in [-0.15, -0.1) is 6.58 Å². The third kappa shape index (κ3) is 5.87. The highest BCUT2D eigenvalue weighted by atomic mass is 16.3. The van der Waals surface area contributed by atoms with Crippen LogP contribution in [-0.4, -0.2) is 74.6 Å². The number of benzene rings is 4. The van der Waals surface area contributed by atoms with Crippen LogP contribution < -0.4 is 5.32 Å². The lowest BCUT2D eigenvalue weighted by atomic mass is 9.99. The number of urea groups is 1. The Bertz CT molecular complexity index is 1670. The number of amides is 4. The molecule has 9 nitrogen and oxygen atoms in total. The van der Waals surface area contributed by atoms with Crippen molar-refractivity contribution in [1.29, 1.82) is 0 Å². The number of piperazine rings is 1. The Morgan fingerprint density at radius 2 is 1.66 bits per heavy atom. The van der Waals surface area contributed by atoms with E-state index in [1.165, 1.54) is 5.01 Å². The van der Waals surface area contributed by atoms with Gasteiger partial charge >= 0.3 is 6.03 Å². The molecule has 4 amide bonds. The molecule has 2 saturated heterocycles. The minimum absolute atomic E-state index is 0.0429. The van der Waals surface area contributed by atoms with E-state index in [9.17, 15) is 19.5 Å². The van der Waals surface area contributed by atoms with Crippen molar-refractivity contribution in [2.75, 3.05) is 19.6 Å². The topological polar surface area (TPSA) is 96.4 Å². The predicted molar refractivity (Wildman–Crippen MR) is 168 cm³/mol. The third-order valence-electron chi connectivity index (χ3n) is 8.31. The Hall–Kier alpha value is -5.15. The summed E-state index contributed by atoms with van der Waals surface area (Å²) < 4.78 is 0. The number of carbonyl (C=O) groups is 3. The van der Waals surface area contributed by atoms with Gasteiger partial charge in [-0.3, -0.25) is 14.6 Å². The summed E-state index contributed by atoms with van der Waals surface area (Å²) in [5, 5.41) is 18.2. The lowest BCUT2D eigenvalue weighted by Crippen LogP contribution is -2.66. The molecule has 2 aliphatic rings. The highest BCUT2D eigenvalue weighted by Crippen LogP contribution is 2.31. The van der Waals surface area contributed by atoms with Crippen molar-refractivity contribution in [3.63, 3.8) is 0 Å². The van der Waals surface area contributed by atoms with E-state index in [2.05, 4.69) is 11.9 Å². The number of nitrogens with one attached hydrogen (secondary N) is 1. The molecule has 4 aromatic rings. The van der Waals surface area contributed by atoms with Crippen molar-refractivity contribution in [3.8, 4) is 5.75 Å². The van der Waals surface area contributed by atoms with E-state index in [1.807, 2.05) is 72.8 Å². The molecule has 6 rings (SSSR count). The van der Waals surface area contributed by atoms with E-state index < -0.39 is 12.2 Å². The van der Waals surface area contributed by atoms with Gasteiger partial charge in [-0.25, -0.2) is 4.79 Å². The maximum Gasteiger partial charge on any atom is 0.332 e. The molecule has 0 spiro atoms. The third-order valence-corrected chi connectivity index (χ3v) is 8.31. The largest absolute Gasteiger partial charge is 0.508 e. The summed E-state index contributed by atoms with van der Waals surface area (Å²) in [6.45, 7) is 4.93. The fourth-order valence-corrected chi connectivity index (χ4v) is 6.17. The van der Waals surface area contributed by atoms with Gasteiger partial charge in [-0.05, 0) is 39.6 Å². The average molecular weight is 590 g/mol. The molecule has 9 heteroatoms. The van der Waals surface area contributed by atoms with Crippen molar-refractivity contribution in [2.24, 2.45) is 0 Å². The maximum atomic E-state index is 14.2. The molecular formula is C35H35N5O4. The number of carbonyl (C=O) groups excluding carboxylic acids is 3. The van der Waals surface area contributed by atoms with E-state index in [0.29, 0.717) is 13.1 Å². The van der Waals surface area contributed by atoms with Crippen LogP contribution in [0.25, 0.3) is 10.8 Å². The Balaban J connectivity index is 1.32. The van der Waals surface area contributed by atoms with Crippen molar-refractivity contribution in [3.05, 3.63) is 126 Å². The van der Waals surface area contributed by atoms with E-state index in [1.54, 1.807) is 45.2 Å². The summed E-state index contributed by atoms with van der Waals surface area (Å²) in [6.07, 6.45) is 1.35. The molecule has 1 unspecified atom stereocenters. The second-order valence-corrected chi connectivity index (χ2v) is 11.1. The van der Waals surface area contributed by atoms with Gasteiger partial charge in [0.25, 0.3) is 0 Å². The highest BCUT2D eigenvalue weighted by molar-refractivity contribution is 5.92. The van der Waals surface area contributed by atoms with Crippen LogP contribution >= 0.6 is 0 Å². The van der Waals surface area contributed by atoms with Crippen LogP contribution in [0.2, 0.25) is 0 Å². The van der Waals surface area contributed by atoms with Crippen LogP contribution in [0.15, 0.2) is 110 Å². The number of aromatic hydroxyl groups is 1. The molecule has 4 aromatic carbocycles. The molecule has 2 aliphatic heterocycles. The smallest absolute Gasteiger partial charge is 0.332 e. The Kier molecular flexibility index (Phi) is 8.29. The predicted octanol–water partition coefficient (Wildman–Crippen LogP) is 4.28. The zero-order valence-corrected chi connectivity index (χ0v) is 24.4. The van der Waals surface area contributed by atoms with Crippen LogP contribution in [-0.2, 0) is 29.1 Å². The Labute approximate surface area is 256 Å². The first-order valence-corrected chi connectivity index (χ1v) is 14.7. The van der Waals surface area contributed by atoms with Crippen LogP contribution in [0.4, 0.5) is 4.79 Å². The fourth-order valence-electron chi connectivity index (χ4n) is 6.17. The number of hydrogen-bond acceptors (Lipinski definition) is 5. The lowest BCUT2D eigenvalue weighted by Gasteiger charge is -2.46. The van der Waals surface area contributed by atoms with Crippen LogP contribution in [0.5, 0.6) is 5.75 Å². The van der Waals surface area contributed by atoms with E-state index in [4.69, 9.17) is 0 Å². The van der Waals surface area contributed by atoms with Gasteiger partial charge in [0.2, 0.25) is 11.8 Å². The molecule has 2 fully saturated rings. The van der Waals surface area contributed by atoms with E-state index in [-0.39, 0.29) is 49.7 Å². The number of hydrogen-bond donors (Lipinski definition) is 2. The first-order valence-electron chi connectivity index (χ1n) is 14.7. The van der Waals surface area contributed by atoms with Crippen LogP contribution in [0.1, 0.15) is 16.7 Å². The summed E-state index contributed by atoms with van der Waals surface area (Å²) in [4.78, 5) is 44.8. The molecule has 0 bridgehead atoms. The van der Waals surface area contributed by atoms with Gasteiger partial charge < -0.3 is 20.2 Å². The second kappa shape index (κ2) is 12.6. The molecule has 44 heavy (non-hydrogen) atoms. The molecule has 2 heterocycles. The minimum atomic E-state index is -0.774. The lowest BCUT2D eigenvalue weighted by molar-refractivity contribution is -0.157. The number of phenolic OH excluding ortho intramolecular Hbond substituents is 1. The minimum Gasteiger partial charge on any atom is -0.508 e. The summed E-state index contributed by atoms with van der Waals surface area (Å²) in [6, 6.07) is 29.3. The molecule has 0 saturated carbocycles. The van der Waals surface area contributed by atoms with Crippen molar-refractivity contribution in [1.82, 2.24) is 25.1 Å². The molecule has 2 atom stereocenters. The van der Waals surface area contributed by atoms with Crippen molar-refractivity contribution >= 4 is 28.6 Å². The first kappa shape index (κ1) is 28.9. The average Bonchev–Trinajstić information content (AvgIpc) is 3.37. The highest BCUT2D eigenvalue weighted by Gasteiger charge is 2.52. The fraction of sp³-hybridized carbons (Fsp3) is 0.229. The second-order valence-electron chi connectivity index (χ2n) is 11.1. The van der Waals surface area contributed by atoms with Gasteiger partial charge in [-0.1, -0.05) is 91.0 Å². The van der Waals surface area contributed by atoms with Gasteiger partial charge in [-0.2, -0.15) is 5.01 Å². The van der Waals surface area contributed by atoms with Crippen molar-refractivity contribution in [2.45, 2.75) is 31.7 Å². The zero-order valence-electron chi connectivity index (χ0n) is 24.4. The molecule has 2 N–H and O–H groups in total. The number of phenols is 1. The number of hydrazine groups is 1. The van der Waals surface area contributed by atoms with Gasteiger partial charge in [0.15, 0.2) is 0 Å². The SMILES string of the molecule is C=CCN(C(=O)NCc1ccccc1)N1CC(=O)N2C1CN(Cc1cccc3ccccc13)C(=O)[C@@H]2Cc1ccc(O)cc1. The Morgan fingerprint density at radius 3 is 2.43 bits per heavy atom. The zero-order chi connectivity index (χ0) is 30.6. The summed E-state index contributed by atoms with van der Waals surface area (Å²) in [5.74, 6) is -0.243. The monoisotopic (exact) mass is 589 g/mol. The van der Waals surface area contributed by atoms with Crippen molar-refractivity contribution < 1.29 is 19.5 Å². The normalized spacial score (nSPS) is 18.4. The molecule has 224 valence electrons. The van der Waals surface area contributed by atoms with E-state index >= 15 is 0 Å². The van der Waals surface area contributed by atoms with E-state index in [0.717, 1.165) is 27.5 Å². The number of nitrogens with zero attached hydrogens (tertiary/aromatic N) is 4. The molecule has 0 aliphatic carbocycles. The maximum absolute atomic E-state index is 14.2. The molecular weight excluding hydrogens is 554 g/mol. The number of fused-ring (bicyclic) bond motifs is 2. The van der Waals surface area contributed by atoms with Gasteiger partial charge in [0.05, 0.1) is 19.6 Å². The van der Waals surface area contributed by atoms with Crippen LogP contribution in [0, 0.1) is 0 Å². The summed E-state index contributed by atoms with van der Waals surface area (Å²) in [5.41, 5.74) is 2.78.